The van der Waals surface area contributed by atoms with Gasteiger partial charge >= 0.3 is 0 Å². The molecule has 0 saturated heterocycles. The van der Waals surface area contributed by atoms with Crippen molar-refractivity contribution in [2.75, 3.05) is 19.0 Å². The first-order valence-corrected chi connectivity index (χ1v) is 8.43. The van der Waals surface area contributed by atoms with Crippen molar-refractivity contribution in [3.05, 3.63) is 29.8 Å². The van der Waals surface area contributed by atoms with Crippen molar-refractivity contribution in [2.45, 2.75) is 51.6 Å². The molecule has 0 spiro atoms. The molecule has 2 rings (SSSR count). The van der Waals surface area contributed by atoms with E-state index in [-0.39, 0.29) is 24.0 Å². The Bertz CT molecular complexity index is 473. The van der Waals surface area contributed by atoms with Crippen LogP contribution in [0.1, 0.15) is 50.5 Å². The third-order valence-corrected chi connectivity index (χ3v) is 4.36. The summed E-state index contributed by atoms with van der Waals surface area (Å²) in [5.41, 5.74) is 8.05. The van der Waals surface area contributed by atoms with Gasteiger partial charge in [-0.25, -0.2) is 0 Å². The maximum absolute atomic E-state index is 5.99. The number of halogens is 1. The van der Waals surface area contributed by atoms with Crippen LogP contribution in [-0.2, 0) is 11.3 Å². The summed E-state index contributed by atoms with van der Waals surface area (Å²) < 4.78 is 5.20. The number of aliphatic imine (C=N–C) groups is 1. The molecule has 1 saturated carbocycles. The van der Waals surface area contributed by atoms with Gasteiger partial charge in [-0.05, 0) is 24.8 Å². The van der Waals surface area contributed by atoms with E-state index in [1.165, 1.54) is 38.5 Å². The zero-order valence-electron chi connectivity index (χ0n) is 14.1. The quantitative estimate of drug-likeness (QED) is 0.289. The van der Waals surface area contributed by atoms with Gasteiger partial charge in [-0.3, -0.25) is 4.99 Å². The third-order valence-electron chi connectivity index (χ3n) is 4.36. The highest BCUT2D eigenvalue weighted by Gasteiger charge is 2.12. The lowest BCUT2D eigenvalue weighted by molar-refractivity contribution is 0.185. The lowest BCUT2D eigenvalue weighted by atomic mass is 9.86. The van der Waals surface area contributed by atoms with Gasteiger partial charge in [0, 0.05) is 24.9 Å². The lowest BCUT2D eigenvalue weighted by Crippen LogP contribution is -2.23. The zero-order valence-corrected chi connectivity index (χ0v) is 16.4. The molecule has 3 N–H and O–H groups in total. The lowest BCUT2D eigenvalue weighted by Gasteiger charge is -2.20. The topological polar surface area (TPSA) is 59.6 Å². The Morgan fingerprint density at radius 3 is 2.74 bits per heavy atom. The zero-order chi connectivity index (χ0) is 15.6. The molecule has 0 amide bonds. The fraction of sp³-hybridized carbons (Fsp3) is 0.611. The van der Waals surface area contributed by atoms with Crippen molar-refractivity contribution in [1.29, 1.82) is 0 Å². The number of nitrogens with two attached hydrogens (primary N) is 1. The Balaban J connectivity index is 0.00000264. The van der Waals surface area contributed by atoms with Crippen LogP contribution in [-0.4, -0.2) is 19.6 Å². The second-order valence-electron chi connectivity index (χ2n) is 6.13. The maximum atomic E-state index is 5.99. The number of benzene rings is 1. The summed E-state index contributed by atoms with van der Waals surface area (Å²) in [6.45, 7) is 1.37. The smallest absolute Gasteiger partial charge is 0.193 e. The molecule has 1 fully saturated rings. The molecule has 0 bridgehead atoms. The van der Waals surface area contributed by atoms with Gasteiger partial charge in [0.1, 0.15) is 0 Å². The summed E-state index contributed by atoms with van der Waals surface area (Å²) in [6, 6.07) is 8.01. The predicted octanol–water partition coefficient (Wildman–Crippen LogP) is 4.54. The fourth-order valence-corrected chi connectivity index (χ4v) is 3.16. The minimum atomic E-state index is 0. The minimum Gasteiger partial charge on any atom is -0.380 e. The molecule has 1 aromatic rings. The van der Waals surface area contributed by atoms with E-state index in [0.29, 0.717) is 12.6 Å². The van der Waals surface area contributed by atoms with E-state index < -0.39 is 0 Å². The van der Waals surface area contributed by atoms with Gasteiger partial charge in [-0.1, -0.05) is 50.3 Å². The van der Waals surface area contributed by atoms with Gasteiger partial charge in [0.2, 0.25) is 0 Å². The number of para-hydroxylation sites is 1. The molecular weight excluding hydrogens is 401 g/mol. The highest BCUT2D eigenvalue weighted by atomic mass is 127. The first-order valence-electron chi connectivity index (χ1n) is 8.43. The molecule has 23 heavy (non-hydrogen) atoms. The Morgan fingerprint density at radius 2 is 2.00 bits per heavy atom. The van der Waals surface area contributed by atoms with Crippen LogP contribution < -0.4 is 11.1 Å². The van der Waals surface area contributed by atoms with Crippen LogP contribution in [0.4, 0.5) is 5.69 Å². The van der Waals surface area contributed by atoms with Crippen molar-refractivity contribution in [1.82, 2.24) is 0 Å². The number of nitrogens with zero attached hydrogens (tertiary/aromatic N) is 1. The van der Waals surface area contributed by atoms with E-state index in [2.05, 4.69) is 10.3 Å². The number of nitrogens with one attached hydrogen (secondary N) is 1. The monoisotopic (exact) mass is 431 g/mol. The number of rotatable bonds is 7. The van der Waals surface area contributed by atoms with Crippen LogP contribution in [0.5, 0.6) is 0 Å². The molecule has 4 nitrogen and oxygen atoms in total. The SMILES string of the molecule is COCc1ccccc1NC(N)=NCCCC1CCCCC1.I. The second-order valence-corrected chi connectivity index (χ2v) is 6.13. The minimum absolute atomic E-state index is 0. The Labute approximate surface area is 157 Å². The summed E-state index contributed by atoms with van der Waals surface area (Å²) in [5, 5.41) is 3.18. The standard InChI is InChI=1S/C18H29N3O.HI/c1-22-14-16-11-5-6-12-17(16)21-18(19)20-13-7-10-15-8-3-2-4-9-15;/h5-6,11-12,15H,2-4,7-10,13-14H2,1H3,(H3,19,20,21);1H. The van der Waals surface area contributed by atoms with Crippen molar-refractivity contribution < 1.29 is 4.74 Å². The van der Waals surface area contributed by atoms with Gasteiger partial charge < -0.3 is 15.8 Å². The molecule has 0 radical (unpaired) electrons. The van der Waals surface area contributed by atoms with Crippen LogP contribution >= 0.6 is 24.0 Å². The Morgan fingerprint density at radius 1 is 1.26 bits per heavy atom. The highest BCUT2D eigenvalue weighted by Crippen LogP contribution is 2.27. The highest BCUT2D eigenvalue weighted by molar-refractivity contribution is 14.0. The van der Waals surface area contributed by atoms with Gasteiger partial charge in [0.05, 0.1) is 6.61 Å². The van der Waals surface area contributed by atoms with E-state index in [1.54, 1.807) is 7.11 Å². The molecular formula is C18H30IN3O. The van der Waals surface area contributed by atoms with Gasteiger partial charge in [0.25, 0.3) is 0 Å². The van der Waals surface area contributed by atoms with Gasteiger partial charge in [0.15, 0.2) is 5.96 Å². The average Bonchev–Trinajstić information content (AvgIpc) is 2.55. The predicted molar refractivity (Wildman–Crippen MR) is 108 cm³/mol. The van der Waals surface area contributed by atoms with Gasteiger partial charge in [-0.15, -0.1) is 24.0 Å². The third kappa shape index (κ3) is 7.52. The first-order chi connectivity index (χ1) is 10.8. The molecule has 5 heteroatoms. The fourth-order valence-electron chi connectivity index (χ4n) is 3.16. The summed E-state index contributed by atoms with van der Waals surface area (Å²) in [6.07, 6.45) is 9.47. The van der Waals surface area contributed by atoms with E-state index in [0.717, 1.165) is 30.1 Å². The molecule has 1 aromatic carbocycles. The molecule has 0 unspecified atom stereocenters. The Kier molecular flexibility index (Phi) is 10.3. The van der Waals surface area contributed by atoms with Crippen molar-refractivity contribution in [3.8, 4) is 0 Å². The molecule has 130 valence electrons. The maximum Gasteiger partial charge on any atom is 0.193 e. The summed E-state index contributed by atoms with van der Waals surface area (Å²) >= 11 is 0. The van der Waals surface area contributed by atoms with Crippen LogP contribution in [0.3, 0.4) is 0 Å². The number of guanidine groups is 1. The number of ether oxygens (including phenoxy) is 1. The van der Waals surface area contributed by atoms with Crippen molar-refractivity contribution in [3.63, 3.8) is 0 Å². The molecule has 0 heterocycles. The number of hydrogen-bond acceptors (Lipinski definition) is 2. The summed E-state index contributed by atoms with van der Waals surface area (Å²) in [4.78, 5) is 4.45. The van der Waals surface area contributed by atoms with E-state index in [4.69, 9.17) is 10.5 Å². The van der Waals surface area contributed by atoms with E-state index >= 15 is 0 Å². The normalized spacial score (nSPS) is 16.0. The largest absolute Gasteiger partial charge is 0.380 e. The number of methoxy groups -OCH3 is 1. The van der Waals surface area contributed by atoms with Crippen molar-refractivity contribution in [2.24, 2.45) is 16.6 Å². The van der Waals surface area contributed by atoms with Crippen LogP contribution in [0.15, 0.2) is 29.3 Å². The second kappa shape index (κ2) is 11.7. The number of hydrogen-bond donors (Lipinski definition) is 2. The molecule has 1 aliphatic rings. The molecule has 0 atom stereocenters. The molecule has 0 aromatic heterocycles. The average molecular weight is 431 g/mol. The van der Waals surface area contributed by atoms with Crippen molar-refractivity contribution >= 4 is 35.6 Å². The molecule has 1 aliphatic carbocycles. The number of anilines is 1. The molecule has 0 aliphatic heterocycles. The van der Waals surface area contributed by atoms with E-state index in [9.17, 15) is 0 Å². The van der Waals surface area contributed by atoms with Crippen LogP contribution in [0, 0.1) is 5.92 Å². The Hall–Kier alpha value is -0.820. The van der Waals surface area contributed by atoms with Gasteiger partial charge in [-0.2, -0.15) is 0 Å². The summed E-state index contributed by atoms with van der Waals surface area (Å²) in [7, 11) is 1.69. The van der Waals surface area contributed by atoms with Crippen LogP contribution in [0.25, 0.3) is 0 Å². The summed E-state index contributed by atoms with van der Waals surface area (Å²) in [5.74, 6) is 1.41. The van der Waals surface area contributed by atoms with E-state index in [1.807, 2.05) is 24.3 Å². The first kappa shape index (κ1) is 20.2. The van der Waals surface area contributed by atoms with Crippen LogP contribution in [0.2, 0.25) is 0 Å².